The molecule has 2 aromatic rings. The molecule has 0 aliphatic heterocycles. The summed E-state index contributed by atoms with van der Waals surface area (Å²) in [6, 6.07) is 8.13. The van der Waals surface area contributed by atoms with Gasteiger partial charge in [-0.2, -0.15) is 0 Å². The Hall–Kier alpha value is -1.26. The van der Waals surface area contributed by atoms with Crippen molar-refractivity contribution in [3.63, 3.8) is 0 Å². The molecule has 0 N–H and O–H groups in total. The van der Waals surface area contributed by atoms with Gasteiger partial charge in [0.05, 0.1) is 21.6 Å². The molecule has 0 radical (unpaired) electrons. The zero-order valence-electron chi connectivity index (χ0n) is 14.6. The van der Waals surface area contributed by atoms with Gasteiger partial charge in [-0.05, 0) is 63.8 Å². The highest BCUT2D eigenvalue weighted by Crippen LogP contribution is 2.25. The summed E-state index contributed by atoms with van der Waals surface area (Å²) in [5.41, 5.74) is 6.36. The number of rotatable bonds is 4. The van der Waals surface area contributed by atoms with Crippen LogP contribution in [0.25, 0.3) is 0 Å². The van der Waals surface area contributed by atoms with Crippen molar-refractivity contribution >= 4 is 21.6 Å². The molecule has 0 saturated heterocycles. The van der Waals surface area contributed by atoms with Gasteiger partial charge in [-0.1, -0.05) is 35.4 Å². The average Bonchev–Trinajstić information content (AvgIpc) is 2.35. The van der Waals surface area contributed by atoms with E-state index in [1.807, 2.05) is 65.8 Å². The molecule has 4 heteroatoms. The molecule has 0 aromatic heterocycles. The molecule has 0 saturated carbocycles. The van der Waals surface area contributed by atoms with Crippen LogP contribution in [0.2, 0.25) is 0 Å². The van der Waals surface area contributed by atoms with Crippen LogP contribution in [0.15, 0.2) is 34.1 Å². The first-order valence-corrected chi connectivity index (χ1v) is 10.3. The number of benzene rings is 2. The van der Waals surface area contributed by atoms with Gasteiger partial charge in [-0.3, -0.25) is 8.42 Å². The molecule has 2 atom stereocenters. The van der Waals surface area contributed by atoms with E-state index in [1.54, 1.807) is 0 Å². The third kappa shape index (κ3) is 3.99. The molecule has 2 unspecified atom stereocenters. The SMILES string of the molecule is Cc1cc(C)c(S(=O)CS(=O)c2c(C)cc(C)cc2C)c(C)c1. The van der Waals surface area contributed by atoms with E-state index >= 15 is 0 Å². The van der Waals surface area contributed by atoms with Gasteiger partial charge >= 0.3 is 0 Å². The summed E-state index contributed by atoms with van der Waals surface area (Å²) in [7, 11) is -2.53. The first-order chi connectivity index (χ1) is 10.7. The van der Waals surface area contributed by atoms with Crippen molar-refractivity contribution in [3.8, 4) is 0 Å². The van der Waals surface area contributed by atoms with Crippen LogP contribution in [-0.2, 0) is 21.6 Å². The van der Waals surface area contributed by atoms with Crippen LogP contribution < -0.4 is 0 Å². The van der Waals surface area contributed by atoms with Crippen molar-refractivity contribution in [2.24, 2.45) is 0 Å². The largest absolute Gasteiger partial charge is 0.253 e. The average molecular weight is 349 g/mol. The molecule has 0 aliphatic rings. The van der Waals surface area contributed by atoms with Gasteiger partial charge in [-0.15, -0.1) is 0 Å². The Balaban J connectivity index is 2.33. The Morgan fingerprint density at radius 1 is 0.609 bits per heavy atom. The summed E-state index contributed by atoms with van der Waals surface area (Å²) >= 11 is 0. The highest BCUT2D eigenvalue weighted by atomic mass is 32.2. The van der Waals surface area contributed by atoms with Gasteiger partial charge in [-0.25, -0.2) is 0 Å². The maximum absolute atomic E-state index is 12.8. The second kappa shape index (κ2) is 7.10. The predicted octanol–water partition coefficient (Wildman–Crippen LogP) is 4.41. The van der Waals surface area contributed by atoms with Crippen molar-refractivity contribution < 1.29 is 8.42 Å². The molecular formula is C19H24O2S2. The van der Waals surface area contributed by atoms with Gasteiger partial charge in [0.25, 0.3) is 0 Å². The molecule has 0 fully saturated rings. The topological polar surface area (TPSA) is 34.1 Å². The van der Waals surface area contributed by atoms with Gasteiger partial charge in [0, 0.05) is 9.79 Å². The van der Waals surface area contributed by atoms with Crippen LogP contribution in [0.5, 0.6) is 0 Å². The Morgan fingerprint density at radius 2 is 0.870 bits per heavy atom. The second-order valence-electron chi connectivity index (χ2n) is 6.26. The maximum atomic E-state index is 12.8. The van der Waals surface area contributed by atoms with E-state index < -0.39 is 21.6 Å². The van der Waals surface area contributed by atoms with Crippen LogP contribution in [0.1, 0.15) is 33.4 Å². The third-order valence-electron chi connectivity index (χ3n) is 3.88. The maximum Gasteiger partial charge on any atom is 0.108 e. The molecule has 2 nitrogen and oxygen atoms in total. The summed E-state index contributed by atoms with van der Waals surface area (Å²) in [5, 5.41) is 0.148. The van der Waals surface area contributed by atoms with Crippen molar-refractivity contribution in [2.75, 3.05) is 5.08 Å². The van der Waals surface area contributed by atoms with E-state index in [4.69, 9.17) is 0 Å². The summed E-state index contributed by atoms with van der Waals surface area (Å²) in [4.78, 5) is 1.65. The van der Waals surface area contributed by atoms with Crippen molar-refractivity contribution in [1.82, 2.24) is 0 Å². The quantitative estimate of drug-likeness (QED) is 0.820. The lowest BCUT2D eigenvalue weighted by atomic mass is 10.1. The zero-order valence-corrected chi connectivity index (χ0v) is 16.3. The van der Waals surface area contributed by atoms with Crippen LogP contribution in [0.3, 0.4) is 0 Å². The normalized spacial score (nSPS) is 13.8. The third-order valence-corrected chi connectivity index (χ3v) is 7.79. The number of aryl methyl sites for hydroxylation is 6. The minimum absolute atomic E-state index is 0.148. The predicted molar refractivity (Wildman–Crippen MR) is 99.0 cm³/mol. The summed E-state index contributed by atoms with van der Waals surface area (Å²) in [5.74, 6) is 0. The molecule has 2 rings (SSSR count). The van der Waals surface area contributed by atoms with E-state index in [-0.39, 0.29) is 5.08 Å². The second-order valence-corrected chi connectivity index (χ2v) is 9.41. The van der Waals surface area contributed by atoms with Gasteiger partial charge in [0.2, 0.25) is 0 Å². The smallest absolute Gasteiger partial charge is 0.108 e. The fraction of sp³-hybridized carbons (Fsp3) is 0.368. The highest BCUT2D eigenvalue weighted by molar-refractivity contribution is 8.02. The molecule has 0 heterocycles. The molecule has 23 heavy (non-hydrogen) atoms. The first kappa shape index (κ1) is 18.1. The Kier molecular flexibility index (Phi) is 5.58. The molecule has 0 bridgehead atoms. The lowest BCUT2D eigenvalue weighted by Gasteiger charge is -2.13. The van der Waals surface area contributed by atoms with E-state index in [9.17, 15) is 8.42 Å². The standard InChI is InChI=1S/C19H24O2S2/c1-12-7-14(3)18(15(4)8-12)22(20)11-23(21)19-16(5)9-13(2)10-17(19)6/h7-10H,11H2,1-6H3. The van der Waals surface area contributed by atoms with Crippen LogP contribution in [-0.4, -0.2) is 13.5 Å². The Labute approximate surface area is 144 Å². The summed E-state index contributed by atoms with van der Waals surface area (Å²) in [6.45, 7) is 11.9. The summed E-state index contributed by atoms with van der Waals surface area (Å²) < 4.78 is 25.6. The number of hydrogen-bond acceptors (Lipinski definition) is 2. The monoisotopic (exact) mass is 348 g/mol. The minimum atomic E-state index is -1.27. The van der Waals surface area contributed by atoms with E-state index in [0.717, 1.165) is 43.2 Å². The van der Waals surface area contributed by atoms with Crippen LogP contribution in [0.4, 0.5) is 0 Å². The van der Waals surface area contributed by atoms with Crippen LogP contribution in [0, 0.1) is 41.5 Å². The van der Waals surface area contributed by atoms with E-state index in [2.05, 4.69) is 0 Å². The lowest BCUT2D eigenvalue weighted by molar-refractivity contribution is 0.678. The van der Waals surface area contributed by atoms with Gasteiger partial charge in [0.1, 0.15) is 5.08 Å². The fourth-order valence-electron chi connectivity index (χ4n) is 3.27. The molecule has 124 valence electrons. The lowest BCUT2D eigenvalue weighted by Crippen LogP contribution is -2.10. The highest BCUT2D eigenvalue weighted by Gasteiger charge is 2.18. The first-order valence-electron chi connectivity index (χ1n) is 7.63. The molecule has 0 aliphatic carbocycles. The van der Waals surface area contributed by atoms with Crippen molar-refractivity contribution in [3.05, 3.63) is 57.6 Å². The Bertz CT molecular complexity index is 694. The van der Waals surface area contributed by atoms with Gasteiger partial charge < -0.3 is 0 Å². The van der Waals surface area contributed by atoms with Gasteiger partial charge in [0.15, 0.2) is 0 Å². The van der Waals surface area contributed by atoms with Crippen molar-refractivity contribution in [2.45, 2.75) is 51.3 Å². The van der Waals surface area contributed by atoms with E-state index in [1.165, 1.54) is 0 Å². The summed E-state index contributed by atoms with van der Waals surface area (Å²) in [6.07, 6.45) is 0. The molecule has 2 aromatic carbocycles. The molecule has 0 spiro atoms. The zero-order chi connectivity index (χ0) is 17.3. The molecular weight excluding hydrogens is 324 g/mol. The molecule has 0 amide bonds. The number of hydrogen-bond donors (Lipinski definition) is 0. The Morgan fingerprint density at radius 3 is 1.13 bits per heavy atom. The van der Waals surface area contributed by atoms with Crippen molar-refractivity contribution in [1.29, 1.82) is 0 Å². The minimum Gasteiger partial charge on any atom is -0.253 e. The van der Waals surface area contributed by atoms with E-state index in [0.29, 0.717) is 0 Å². The fourth-order valence-corrected chi connectivity index (χ4v) is 6.66. The van der Waals surface area contributed by atoms with Crippen LogP contribution >= 0.6 is 0 Å².